The molecule has 0 saturated carbocycles. The fourth-order valence-corrected chi connectivity index (χ4v) is 4.41. The summed E-state index contributed by atoms with van der Waals surface area (Å²) in [4.78, 5) is 0.421. The third-order valence-electron chi connectivity index (χ3n) is 3.94. The van der Waals surface area contributed by atoms with Crippen LogP contribution in [0.15, 0.2) is 29.2 Å². The van der Waals surface area contributed by atoms with Crippen LogP contribution in [0.25, 0.3) is 0 Å². The lowest BCUT2D eigenvalue weighted by atomic mass is 10.0. The molecule has 0 spiro atoms. The normalized spacial score (nSPS) is 20.6. The number of hydrogen-bond acceptors (Lipinski definition) is 4. The van der Waals surface area contributed by atoms with Crippen molar-refractivity contribution in [3.8, 4) is 0 Å². The van der Waals surface area contributed by atoms with E-state index in [1.54, 1.807) is 18.2 Å². The summed E-state index contributed by atoms with van der Waals surface area (Å²) >= 11 is 0. The summed E-state index contributed by atoms with van der Waals surface area (Å²) < 4.78 is 30.7. The van der Waals surface area contributed by atoms with Gasteiger partial charge in [-0.1, -0.05) is 19.1 Å². The number of nitrogens with one attached hydrogen (secondary N) is 1. The largest absolute Gasteiger partial charge is 0.381 e. The van der Waals surface area contributed by atoms with Crippen molar-refractivity contribution in [1.82, 2.24) is 5.32 Å². The highest BCUT2D eigenvalue weighted by molar-refractivity contribution is 7.91. The predicted molar refractivity (Wildman–Crippen MR) is 84.2 cm³/mol. The SMILES string of the molecule is CCCNC(CS(=O)(=O)c1cccc(C)c1)C1CCOC1. The third kappa shape index (κ3) is 4.53. The van der Waals surface area contributed by atoms with Crippen molar-refractivity contribution in [2.75, 3.05) is 25.5 Å². The molecule has 0 aromatic heterocycles. The van der Waals surface area contributed by atoms with Gasteiger partial charge < -0.3 is 10.1 Å². The van der Waals surface area contributed by atoms with Gasteiger partial charge in [-0.25, -0.2) is 8.42 Å². The lowest BCUT2D eigenvalue weighted by Crippen LogP contribution is -2.42. The molecule has 2 unspecified atom stereocenters. The number of sulfone groups is 1. The summed E-state index contributed by atoms with van der Waals surface area (Å²) in [6.45, 7) is 6.23. The molecule has 4 nitrogen and oxygen atoms in total. The van der Waals surface area contributed by atoms with E-state index in [1.807, 2.05) is 13.0 Å². The maximum atomic E-state index is 12.6. The third-order valence-corrected chi connectivity index (χ3v) is 5.71. The number of hydrogen-bond donors (Lipinski definition) is 1. The average molecular weight is 311 g/mol. The molecular formula is C16H25NO3S. The molecule has 21 heavy (non-hydrogen) atoms. The van der Waals surface area contributed by atoms with Crippen LogP contribution in [-0.2, 0) is 14.6 Å². The standard InChI is InChI=1S/C16H25NO3S/c1-3-8-17-16(14-7-9-20-11-14)12-21(18,19)15-6-4-5-13(2)10-15/h4-6,10,14,16-17H,3,7-9,11-12H2,1-2H3. The summed E-state index contributed by atoms with van der Waals surface area (Å²) in [6, 6.07) is 7.12. The molecule has 0 radical (unpaired) electrons. The van der Waals surface area contributed by atoms with E-state index in [-0.39, 0.29) is 17.7 Å². The molecule has 1 fully saturated rings. The van der Waals surface area contributed by atoms with Crippen LogP contribution in [-0.4, -0.2) is 40.0 Å². The summed E-state index contributed by atoms with van der Waals surface area (Å²) in [6.07, 6.45) is 1.93. The smallest absolute Gasteiger partial charge is 0.179 e. The molecule has 1 aromatic carbocycles. The summed E-state index contributed by atoms with van der Waals surface area (Å²) in [5.41, 5.74) is 0.971. The van der Waals surface area contributed by atoms with E-state index in [2.05, 4.69) is 12.2 Å². The van der Waals surface area contributed by atoms with Crippen molar-refractivity contribution in [3.63, 3.8) is 0 Å². The lowest BCUT2D eigenvalue weighted by molar-refractivity contribution is 0.178. The summed E-state index contributed by atoms with van der Waals surface area (Å²) in [5, 5.41) is 3.39. The minimum Gasteiger partial charge on any atom is -0.381 e. The number of ether oxygens (including phenoxy) is 1. The predicted octanol–water partition coefficient (Wildman–Crippen LogP) is 2.17. The Hall–Kier alpha value is -0.910. The molecule has 1 saturated heterocycles. The molecular weight excluding hydrogens is 286 g/mol. The van der Waals surface area contributed by atoms with Crippen molar-refractivity contribution in [2.45, 2.75) is 37.6 Å². The first-order valence-electron chi connectivity index (χ1n) is 7.63. The summed E-state index contributed by atoms with van der Waals surface area (Å²) in [5.74, 6) is 0.431. The monoisotopic (exact) mass is 311 g/mol. The summed E-state index contributed by atoms with van der Waals surface area (Å²) in [7, 11) is -3.27. The van der Waals surface area contributed by atoms with Gasteiger partial charge >= 0.3 is 0 Å². The minimum absolute atomic E-state index is 0.0297. The van der Waals surface area contributed by atoms with Gasteiger partial charge in [-0.05, 0) is 44.0 Å². The van der Waals surface area contributed by atoms with Gasteiger partial charge in [-0.15, -0.1) is 0 Å². The molecule has 118 valence electrons. The fourth-order valence-electron chi connectivity index (χ4n) is 2.70. The zero-order chi connectivity index (χ0) is 15.3. The Morgan fingerprint density at radius 1 is 1.43 bits per heavy atom. The first-order valence-corrected chi connectivity index (χ1v) is 9.28. The molecule has 0 amide bonds. The highest BCUT2D eigenvalue weighted by atomic mass is 32.2. The van der Waals surface area contributed by atoms with Crippen LogP contribution >= 0.6 is 0 Å². The Kier molecular flexibility index (Phi) is 5.79. The molecule has 1 aliphatic rings. The second-order valence-corrected chi connectivity index (χ2v) is 7.82. The Bertz CT molecular complexity index is 550. The van der Waals surface area contributed by atoms with Gasteiger partial charge in [0.1, 0.15) is 0 Å². The second kappa shape index (κ2) is 7.38. The molecule has 1 heterocycles. The van der Waals surface area contributed by atoms with E-state index in [0.29, 0.717) is 11.5 Å². The van der Waals surface area contributed by atoms with Crippen molar-refractivity contribution in [2.24, 2.45) is 5.92 Å². The molecule has 2 atom stereocenters. The van der Waals surface area contributed by atoms with Crippen molar-refractivity contribution >= 4 is 9.84 Å². The highest BCUT2D eigenvalue weighted by Gasteiger charge is 2.30. The first kappa shape index (κ1) is 16.5. The molecule has 1 N–H and O–H groups in total. The average Bonchev–Trinajstić information content (AvgIpc) is 2.97. The van der Waals surface area contributed by atoms with E-state index >= 15 is 0 Å². The molecule has 2 rings (SSSR count). The number of benzene rings is 1. The van der Waals surface area contributed by atoms with Crippen LogP contribution in [0.3, 0.4) is 0 Å². The van der Waals surface area contributed by atoms with Crippen molar-refractivity contribution in [1.29, 1.82) is 0 Å². The number of rotatable bonds is 7. The quantitative estimate of drug-likeness (QED) is 0.838. The van der Waals surface area contributed by atoms with Crippen molar-refractivity contribution in [3.05, 3.63) is 29.8 Å². The van der Waals surface area contributed by atoms with Gasteiger partial charge in [0.05, 0.1) is 17.3 Å². The first-order chi connectivity index (χ1) is 10.0. The van der Waals surface area contributed by atoms with Crippen LogP contribution in [0.2, 0.25) is 0 Å². The zero-order valence-electron chi connectivity index (χ0n) is 12.8. The van der Waals surface area contributed by atoms with Gasteiger partial charge in [0.15, 0.2) is 9.84 Å². The number of aryl methyl sites for hydroxylation is 1. The second-order valence-electron chi connectivity index (χ2n) is 5.78. The molecule has 1 aromatic rings. The van der Waals surface area contributed by atoms with E-state index in [4.69, 9.17) is 4.74 Å². The van der Waals surface area contributed by atoms with E-state index in [1.165, 1.54) is 0 Å². The van der Waals surface area contributed by atoms with E-state index in [9.17, 15) is 8.42 Å². The fraction of sp³-hybridized carbons (Fsp3) is 0.625. The Morgan fingerprint density at radius 3 is 2.86 bits per heavy atom. The maximum Gasteiger partial charge on any atom is 0.179 e. The van der Waals surface area contributed by atoms with Crippen molar-refractivity contribution < 1.29 is 13.2 Å². The van der Waals surface area contributed by atoms with E-state index in [0.717, 1.165) is 31.6 Å². The topological polar surface area (TPSA) is 55.4 Å². The molecule has 0 aliphatic carbocycles. The Labute approximate surface area is 127 Å². The highest BCUT2D eigenvalue weighted by Crippen LogP contribution is 2.21. The van der Waals surface area contributed by atoms with Crippen LogP contribution in [0.5, 0.6) is 0 Å². The lowest BCUT2D eigenvalue weighted by Gasteiger charge is -2.23. The van der Waals surface area contributed by atoms with Crippen LogP contribution in [0, 0.1) is 12.8 Å². The molecule has 0 bridgehead atoms. The zero-order valence-corrected chi connectivity index (χ0v) is 13.7. The van der Waals surface area contributed by atoms with Gasteiger partial charge in [0.25, 0.3) is 0 Å². The van der Waals surface area contributed by atoms with Gasteiger partial charge in [0, 0.05) is 18.6 Å². The maximum absolute atomic E-state index is 12.6. The van der Waals surface area contributed by atoms with E-state index < -0.39 is 9.84 Å². The van der Waals surface area contributed by atoms with Crippen LogP contribution in [0.4, 0.5) is 0 Å². The molecule has 5 heteroatoms. The van der Waals surface area contributed by atoms with Gasteiger partial charge in [-0.2, -0.15) is 0 Å². The van der Waals surface area contributed by atoms with Crippen LogP contribution < -0.4 is 5.32 Å². The Morgan fingerprint density at radius 2 is 2.24 bits per heavy atom. The van der Waals surface area contributed by atoms with Crippen LogP contribution in [0.1, 0.15) is 25.3 Å². The van der Waals surface area contributed by atoms with Gasteiger partial charge in [0.2, 0.25) is 0 Å². The molecule has 1 aliphatic heterocycles. The Balaban J connectivity index is 2.13. The minimum atomic E-state index is -3.27. The van der Waals surface area contributed by atoms with Gasteiger partial charge in [-0.3, -0.25) is 0 Å².